The summed E-state index contributed by atoms with van der Waals surface area (Å²) in [6.45, 7) is 6.05. The molecule has 0 aliphatic carbocycles. The average molecular weight is 436 g/mol. The Kier molecular flexibility index (Phi) is 7.35. The Balaban J connectivity index is 1.50. The molecule has 0 unspecified atom stereocenters. The molecule has 1 saturated heterocycles. The third-order valence-electron chi connectivity index (χ3n) is 5.12. The zero-order valence-electron chi connectivity index (χ0n) is 17.7. The lowest BCUT2D eigenvalue weighted by molar-refractivity contribution is -0.137. The van der Waals surface area contributed by atoms with Crippen LogP contribution < -0.4 is 15.0 Å². The Hall–Kier alpha value is -2.84. The van der Waals surface area contributed by atoms with Gasteiger partial charge in [0.2, 0.25) is 0 Å². The van der Waals surface area contributed by atoms with Gasteiger partial charge in [0.25, 0.3) is 5.91 Å². The van der Waals surface area contributed by atoms with Crippen LogP contribution in [0.4, 0.5) is 19.0 Å². The summed E-state index contributed by atoms with van der Waals surface area (Å²) < 4.78 is 44.3. The number of carbonyl (C=O) groups is 1. The zero-order chi connectivity index (χ0) is 22.4. The number of ether oxygens (including phenoxy) is 1. The van der Waals surface area contributed by atoms with Crippen LogP contribution in [0.15, 0.2) is 36.4 Å². The Morgan fingerprint density at radius 3 is 2.55 bits per heavy atom. The molecule has 1 fully saturated rings. The molecule has 0 saturated carbocycles. The smallest absolute Gasteiger partial charge is 0.416 e. The molecule has 31 heavy (non-hydrogen) atoms. The first-order valence-corrected chi connectivity index (χ1v) is 10.4. The number of nitrogens with one attached hydrogen (secondary N) is 1. The third kappa shape index (κ3) is 6.57. The van der Waals surface area contributed by atoms with E-state index in [-0.39, 0.29) is 23.5 Å². The number of aromatic nitrogens is 2. The second-order valence-electron chi connectivity index (χ2n) is 8.05. The monoisotopic (exact) mass is 436 g/mol. The number of halogens is 3. The molecule has 0 atom stereocenters. The molecule has 0 spiro atoms. The van der Waals surface area contributed by atoms with Gasteiger partial charge in [-0.3, -0.25) is 4.79 Å². The lowest BCUT2D eigenvalue weighted by Crippen LogP contribution is -2.39. The molecule has 1 aliphatic heterocycles. The molecule has 1 aromatic heterocycles. The number of nitrogens with zero attached hydrogens (tertiary/aromatic N) is 3. The van der Waals surface area contributed by atoms with Crippen molar-refractivity contribution < 1.29 is 22.7 Å². The molecular formula is C22H27F3N4O2. The van der Waals surface area contributed by atoms with Crippen LogP contribution in [0.1, 0.15) is 49.2 Å². The van der Waals surface area contributed by atoms with Gasteiger partial charge in [-0.25, -0.2) is 0 Å². The minimum absolute atomic E-state index is 0.168. The number of benzene rings is 1. The molecule has 1 N–H and O–H groups in total. The molecule has 168 valence electrons. The van der Waals surface area contributed by atoms with E-state index in [0.29, 0.717) is 44.2 Å². The Bertz CT molecular complexity index is 864. The first-order valence-electron chi connectivity index (χ1n) is 10.4. The molecular weight excluding hydrogens is 409 g/mol. The van der Waals surface area contributed by atoms with Crippen molar-refractivity contribution >= 4 is 11.7 Å². The van der Waals surface area contributed by atoms with E-state index in [1.165, 1.54) is 12.1 Å². The van der Waals surface area contributed by atoms with Gasteiger partial charge in [-0.1, -0.05) is 19.9 Å². The number of rotatable bonds is 7. The van der Waals surface area contributed by atoms with E-state index in [4.69, 9.17) is 4.74 Å². The molecule has 2 aromatic rings. The second-order valence-corrected chi connectivity index (χ2v) is 8.05. The zero-order valence-corrected chi connectivity index (χ0v) is 17.7. The maximum Gasteiger partial charge on any atom is 0.416 e. The summed E-state index contributed by atoms with van der Waals surface area (Å²) in [6, 6.07) is 8.36. The van der Waals surface area contributed by atoms with Gasteiger partial charge in [-0.2, -0.15) is 13.2 Å². The molecule has 1 aromatic carbocycles. The molecule has 2 heterocycles. The molecule has 0 bridgehead atoms. The summed E-state index contributed by atoms with van der Waals surface area (Å²) in [4.78, 5) is 14.1. The Morgan fingerprint density at radius 2 is 1.94 bits per heavy atom. The number of piperidine rings is 1. The van der Waals surface area contributed by atoms with E-state index in [9.17, 15) is 18.0 Å². The molecule has 1 aliphatic rings. The summed E-state index contributed by atoms with van der Waals surface area (Å²) >= 11 is 0. The predicted octanol–water partition coefficient (Wildman–Crippen LogP) is 4.32. The Morgan fingerprint density at radius 1 is 1.19 bits per heavy atom. The van der Waals surface area contributed by atoms with Crippen molar-refractivity contribution in [2.24, 2.45) is 5.92 Å². The molecule has 0 radical (unpaired) electrons. The maximum absolute atomic E-state index is 12.9. The standard InChI is InChI=1S/C22H27F3N4O2/c1-15(2)8-11-26-21(30)19-6-7-20(28-27-19)29-12-9-17(10-13-29)31-18-5-3-4-16(14-18)22(23,24)25/h3-7,14-15,17H,8-13H2,1-2H3,(H,26,30). The summed E-state index contributed by atoms with van der Waals surface area (Å²) in [5.41, 5.74) is -0.443. The van der Waals surface area contributed by atoms with Crippen LogP contribution in [-0.4, -0.2) is 41.8 Å². The highest BCUT2D eigenvalue weighted by atomic mass is 19.4. The van der Waals surface area contributed by atoms with Crippen LogP contribution >= 0.6 is 0 Å². The maximum atomic E-state index is 12.9. The van der Waals surface area contributed by atoms with Gasteiger partial charge in [0.05, 0.1) is 5.56 Å². The van der Waals surface area contributed by atoms with E-state index >= 15 is 0 Å². The van der Waals surface area contributed by atoms with Crippen molar-refractivity contribution in [3.05, 3.63) is 47.7 Å². The molecule has 6 nitrogen and oxygen atoms in total. The highest BCUT2D eigenvalue weighted by Gasteiger charge is 2.31. The van der Waals surface area contributed by atoms with E-state index in [2.05, 4.69) is 29.4 Å². The lowest BCUT2D eigenvalue weighted by atomic mass is 10.1. The van der Waals surface area contributed by atoms with Crippen molar-refractivity contribution in [2.75, 3.05) is 24.5 Å². The summed E-state index contributed by atoms with van der Waals surface area (Å²) in [6.07, 6.45) is -2.36. The van der Waals surface area contributed by atoms with E-state index < -0.39 is 11.7 Å². The number of amides is 1. The van der Waals surface area contributed by atoms with Gasteiger partial charge in [-0.05, 0) is 42.7 Å². The van der Waals surface area contributed by atoms with Crippen LogP contribution in [-0.2, 0) is 6.18 Å². The fourth-order valence-corrected chi connectivity index (χ4v) is 3.32. The summed E-state index contributed by atoms with van der Waals surface area (Å²) in [5.74, 6) is 1.15. The number of alkyl halides is 3. The van der Waals surface area contributed by atoms with E-state index in [1.54, 1.807) is 12.1 Å². The molecule has 9 heteroatoms. The van der Waals surface area contributed by atoms with E-state index in [1.807, 2.05) is 4.90 Å². The number of carbonyl (C=O) groups excluding carboxylic acids is 1. The number of anilines is 1. The van der Waals surface area contributed by atoms with Gasteiger partial charge in [0, 0.05) is 32.5 Å². The van der Waals surface area contributed by atoms with Crippen LogP contribution in [0.25, 0.3) is 0 Å². The highest BCUT2D eigenvalue weighted by Crippen LogP contribution is 2.32. The van der Waals surface area contributed by atoms with Gasteiger partial charge in [0.15, 0.2) is 11.5 Å². The average Bonchev–Trinajstić information content (AvgIpc) is 2.74. The molecule has 1 amide bonds. The minimum Gasteiger partial charge on any atom is -0.490 e. The highest BCUT2D eigenvalue weighted by molar-refractivity contribution is 5.92. The third-order valence-corrected chi connectivity index (χ3v) is 5.12. The fourth-order valence-electron chi connectivity index (χ4n) is 3.32. The van der Waals surface area contributed by atoms with Crippen molar-refractivity contribution in [3.8, 4) is 5.75 Å². The normalized spacial score (nSPS) is 15.2. The van der Waals surface area contributed by atoms with Crippen molar-refractivity contribution in [2.45, 2.75) is 45.4 Å². The number of hydrogen-bond donors (Lipinski definition) is 1. The molecule has 3 rings (SSSR count). The SMILES string of the molecule is CC(C)CCNC(=O)c1ccc(N2CCC(Oc3cccc(C(F)(F)F)c3)CC2)nn1. The second kappa shape index (κ2) is 9.98. The summed E-state index contributed by atoms with van der Waals surface area (Å²) in [5, 5.41) is 11.0. The fraction of sp³-hybridized carbons (Fsp3) is 0.500. The van der Waals surface area contributed by atoms with Crippen LogP contribution in [0.5, 0.6) is 5.75 Å². The lowest BCUT2D eigenvalue weighted by Gasteiger charge is -2.32. The van der Waals surface area contributed by atoms with Gasteiger partial charge >= 0.3 is 6.18 Å². The van der Waals surface area contributed by atoms with Crippen molar-refractivity contribution in [1.29, 1.82) is 0 Å². The largest absolute Gasteiger partial charge is 0.490 e. The minimum atomic E-state index is -4.39. The first-order chi connectivity index (χ1) is 14.7. The van der Waals surface area contributed by atoms with Crippen LogP contribution in [0.2, 0.25) is 0 Å². The van der Waals surface area contributed by atoms with Crippen LogP contribution in [0, 0.1) is 5.92 Å². The van der Waals surface area contributed by atoms with Gasteiger partial charge in [0.1, 0.15) is 11.9 Å². The predicted molar refractivity (Wildman–Crippen MR) is 111 cm³/mol. The van der Waals surface area contributed by atoms with E-state index in [0.717, 1.165) is 18.6 Å². The Labute approximate surface area is 179 Å². The number of hydrogen-bond acceptors (Lipinski definition) is 5. The first kappa shape index (κ1) is 22.8. The van der Waals surface area contributed by atoms with Crippen molar-refractivity contribution in [1.82, 2.24) is 15.5 Å². The van der Waals surface area contributed by atoms with Gasteiger partial charge < -0.3 is 15.0 Å². The quantitative estimate of drug-likeness (QED) is 0.700. The van der Waals surface area contributed by atoms with Crippen LogP contribution in [0.3, 0.4) is 0 Å². The topological polar surface area (TPSA) is 67.4 Å². The van der Waals surface area contributed by atoms with Crippen molar-refractivity contribution in [3.63, 3.8) is 0 Å². The van der Waals surface area contributed by atoms with Gasteiger partial charge in [-0.15, -0.1) is 10.2 Å². The summed E-state index contributed by atoms with van der Waals surface area (Å²) in [7, 11) is 0.